The Bertz CT molecular complexity index is 1220. The van der Waals surface area contributed by atoms with E-state index in [9.17, 15) is 0 Å². The third-order valence-corrected chi connectivity index (χ3v) is 11.4. The monoisotopic (exact) mass is 713 g/mol. The highest BCUT2D eigenvalue weighted by molar-refractivity contribution is 6.43. The lowest BCUT2D eigenvalue weighted by molar-refractivity contribution is 0.516. The first-order valence-corrected chi connectivity index (χ1v) is 22.7. The van der Waals surface area contributed by atoms with Gasteiger partial charge in [-0.05, 0) is 99.9 Å². The molecular formula is C50H84N2. The number of aryl methyl sites for hydroxylation is 4. The van der Waals surface area contributed by atoms with E-state index >= 15 is 0 Å². The van der Waals surface area contributed by atoms with Gasteiger partial charge in [-0.1, -0.05) is 193 Å². The maximum atomic E-state index is 5.29. The summed E-state index contributed by atoms with van der Waals surface area (Å²) in [7, 11) is 0. The summed E-state index contributed by atoms with van der Waals surface area (Å²) in [5.41, 5.74) is 9.80. The Morgan fingerprint density at radius 1 is 0.327 bits per heavy atom. The van der Waals surface area contributed by atoms with Crippen LogP contribution in [0.4, 0.5) is 11.4 Å². The minimum absolute atomic E-state index is 1.00. The molecule has 0 unspecified atom stereocenters. The van der Waals surface area contributed by atoms with Crippen LogP contribution < -0.4 is 0 Å². The van der Waals surface area contributed by atoms with Crippen molar-refractivity contribution >= 4 is 22.8 Å². The molecule has 0 bridgehead atoms. The molecule has 0 N–H and O–H groups in total. The van der Waals surface area contributed by atoms with E-state index in [0.29, 0.717) is 0 Å². The van der Waals surface area contributed by atoms with Gasteiger partial charge in [0.1, 0.15) is 0 Å². The van der Waals surface area contributed by atoms with Crippen LogP contribution in [0.3, 0.4) is 0 Å². The van der Waals surface area contributed by atoms with Crippen LogP contribution in [-0.2, 0) is 0 Å². The van der Waals surface area contributed by atoms with Gasteiger partial charge in [-0.25, -0.2) is 0 Å². The Balaban J connectivity index is 1.61. The molecule has 2 aromatic carbocycles. The van der Waals surface area contributed by atoms with E-state index in [1.165, 1.54) is 213 Å². The van der Waals surface area contributed by atoms with Crippen molar-refractivity contribution in [3.05, 3.63) is 58.7 Å². The number of hydrogen-bond acceptors (Lipinski definition) is 2. The lowest BCUT2D eigenvalue weighted by Gasteiger charge is -2.13. The Morgan fingerprint density at radius 3 is 0.865 bits per heavy atom. The number of nitrogens with zero attached hydrogens (tertiary/aromatic N) is 2. The van der Waals surface area contributed by atoms with Crippen LogP contribution in [0.1, 0.15) is 229 Å². The summed E-state index contributed by atoms with van der Waals surface area (Å²) in [6.45, 7) is 13.3. The molecule has 0 spiro atoms. The predicted octanol–water partition coefficient (Wildman–Crippen LogP) is 17.5. The van der Waals surface area contributed by atoms with Crippen molar-refractivity contribution in [3.8, 4) is 0 Å². The van der Waals surface area contributed by atoms with Crippen LogP contribution in [0.15, 0.2) is 46.4 Å². The minimum atomic E-state index is 1.00. The second-order valence-electron chi connectivity index (χ2n) is 16.3. The summed E-state index contributed by atoms with van der Waals surface area (Å²) in [5.74, 6) is 0. The molecule has 0 aliphatic rings. The van der Waals surface area contributed by atoms with Gasteiger partial charge in [0.25, 0.3) is 0 Å². The van der Waals surface area contributed by atoms with E-state index in [2.05, 4.69) is 77.9 Å². The molecule has 0 fully saturated rings. The Hall–Kier alpha value is -2.22. The molecule has 0 amide bonds. The largest absolute Gasteiger partial charge is 0.252 e. The zero-order valence-corrected chi connectivity index (χ0v) is 35.6. The molecule has 0 heterocycles. The molecule has 0 aliphatic heterocycles. The first-order valence-electron chi connectivity index (χ1n) is 22.7. The fourth-order valence-corrected chi connectivity index (χ4v) is 7.41. The lowest BCUT2D eigenvalue weighted by Crippen LogP contribution is -2.14. The molecular weight excluding hydrogens is 629 g/mol. The smallest absolute Gasteiger partial charge is 0.0636 e. The van der Waals surface area contributed by atoms with Crippen LogP contribution in [0, 0.1) is 27.7 Å². The number of hydrogen-bond donors (Lipinski definition) is 0. The highest BCUT2D eigenvalue weighted by Gasteiger charge is 2.12. The summed E-state index contributed by atoms with van der Waals surface area (Å²) >= 11 is 0. The van der Waals surface area contributed by atoms with Gasteiger partial charge in [0.2, 0.25) is 0 Å². The fourth-order valence-electron chi connectivity index (χ4n) is 7.41. The van der Waals surface area contributed by atoms with Gasteiger partial charge in [-0.2, -0.15) is 0 Å². The molecule has 2 rings (SSSR count). The van der Waals surface area contributed by atoms with Crippen molar-refractivity contribution in [3.63, 3.8) is 0 Å². The van der Waals surface area contributed by atoms with Gasteiger partial charge >= 0.3 is 0 Å². The Morgan fingerprint density at radius 2 is 0.577 bits per heavy atom. The Kier molecular flexibility index (Phi) is 27.5. The predicted molar refractivity (Wildman–Crippen MR) is 236 cm³/mol. The van der Waals surface area contributed by atoms with Crippen LogP contribution in [-0.4, -0.2) is 11.4 Å². The van der Waals surface area contributed by atoms with Gasteiger partial charge in [0.15, 0.2) is 0 Å². The molecule has 0 aliphatic carbocycles. The molecule has 2 nitrogen and oxygen atoms in total. The van der Waals surface area contributed by atoms with Gasteiger partial charge in [0.05, 0.1) is 22.8 Å². The normalized spacial score (nSPS) is 12.3. The first-order chi connectivity index (χ1) is 25.4. The average Bonchev–Trinajstić information content (AvgIpc) is 3.13. The first kappa shape index (κ1) is 45.9. The highest BCUT2D eigenvalue weighted by Crippen LogP contribution is 2.24. The molecule has 0 radical (unpaired) electrons. The van der Waals surface area contributed by atoms with E-state index < -0.39 is 0 Å². The molecule has 0 aromatic heterocycles. The summed E-state index contributed by atoms with van der Waals surface area (Å²) in [6.07, 6.45) is 41.4. The van der Waals surface area contributed by atoms with E-state index in [4.69, 9.17) is 9.98 Å². The standard InChI is InChI=1S/C50H84N2/c1-7-9-11-12-13-14-15-16-17-18-19-20-21-22-23-24-25-26-27-28-29-30-31-32-34-36-50(52-48-40-38-44(4)46(6)42-48)49(35-33-10-8-2)51-47-39-37-43(3)45(5)41-47/h37-42H,7-36H2,1-6H3. The topological polar surface area (TPSA) is 24.7 Å². The molecule has 0 saturated heterocycles. The van der Waals surface area contributed by atoms with E-state index in [0.717, 1.165) is 24.2 Å². The molecule has 52 heavy (non-hydrogen) atoms. The van der Waals surface area contributed by atoms with Crippen molar-refractivity contribution < 1.29 is 0 Å². The second kappa shape index (κ2) is 31.2. The minimum Gasteiger partial charge on any atom is -0.252 e. The Labute approximate surface area is 324 Å². The van der Waals surface area contributed by atoms with Gasteiger partial charge in [0, 0.05) is 0 Å². The lowest BCUT2D eigenvalue weighted by atomic mass is 10.00. The van der Waals surface area contributed by atoms with E-state index in [1.807, 2.05) is 0 Å². The summed E-state index contributed by atoms with van der Waals surface area (Å²) in [6, 6.07) is 13.3. The maximum absolute atomic E-state index is 5.29. The third-order valence-electron chi connectivity index (χ3n) is 11.4. The number of benzene rings is 2. The number of unbranched alkanes of at least 4 members (excludes halogenated alkanes) is 26. The van der Waals surface area contributed by atoms with Crippen LogP contribution >= 0.6 is 0 Å². The van der Waals surface area contributed by atoms with Crippen LogP contribution in [0.5, 0.6) is 0 Å². The third kappa shape index (κ3) is 22.8. The summed E-state index contributed by atoms with van der Waals surface area (Å²) in [5, 5.41) is 0. The van der Waals surface area contributed by atoms with Crippen molar-refractivity contribution in [2.75, 3.05) is 0 Å². The number of aliphatic imine (C=N–C) groups is 2. The highest BCUT2D eigenvalue weighted by atomic mass is 14.8. The molecule has 0 saturated carbocycles. The zero-order valence-electron chi connectivity index (χ0n) is 35.6. The molecule has 294 valence electrons. The van der Waals surface area contributed by atoms with Gasteiger partial charge in [-0.15, -0.1) is 0 Å². The van der Waals surface area contributed by atoms with E-state index in [-0.39, 0.29) is 0 Å². The van der Waals surface area contributed by atoms with Crippen LogP contribution in [0.25, 0.3) is 0 Å². The van der Waals surface area contributed by atoms with Gasteiger partial charge in [-0.3, -0.25) is 9.98 Å². The van der Waals surface area contributed by atoms with Crippen molar-refractivity contribution in [2.24, 2.45) is 9.98 Å². The van der Waals surface area contributed by atoms with Crippen LogP contribution in [0.2, 0.25) is 0 Å². The fraction of sp³-hybridized carbons (Fsp3) is 0.720. The zero-order chi connectivity index (χ0) is 37.5. The van der Waals surface area contributed by atoms with Crippen molar-refractivity contribution in [1.29, 1.82) is 0 Å². The van der Waals surface area contributed by atoms with Crippen molar-refractivity contribution in [1.82, 2.24) is 0 Å². The van der Waals surface area contributed by atoms with E-state index in [1.54, 1.807) is 0 Å². The quantitative estimate of drug-likeness (QED) is 0.0520. The molecule has 2 heteroatoms. The molecule has 2 aromatic rings. The van der Waals surface area contributed by atoms with Crippen molar-refractivity contribution in [2.45, 2.75) is 234 Å². The van der Waals surface area contributed by atoms with Gasteiger partial charge < -0.3 is 0 Å². The maximum Gasteiger partial charge on any atom is 0.0636 e. The SMILES string of the molecule is CCCCCCCCCCCCCCCCCCCCCCCCCCCC(=Nc1ccc(C)c(C)c1)C(CCCCC)=Nc1ccc(C)c(C)c1. The molecule has 0 atom stereocenters. The average molecular weight is 713 g/mol. The summed E-state index contributed by atoms with van der Waals surface area (Å²) in [4.78, 5) is 10.6. The number of rotatable bonds is 33. The second-order valence-corrected chi connectivity index (χ2v) is 16.3. The summed E-state index contributed by atoms with van der Waals surface area (Å²) < 4.78 is 0.